The van der Waals surface area contributed by atoms with Gasteiger partial charge in [-0.1, -0.05) is 24.3 Å². The summed E-state index contributed by atoms with van der Waals surface area (Å²) in [5.74, 6) is 0.164. The maximum Gasteiger partial charge on any atom is 0.253 e. The van der Waals surface area contributed by atoms with Crippen LogP contribution in [0.3, 0.4) is 0 Å². The summed E-state index contributed by atoms with van der Waals surface area (Å²) in [4.78, 5) is 18.4. The summed E-state index contributed by atoms with van der Waals surface area (Å²) in [7, 11) is 5.55. The smallest absolute Gasteiger partial charge is 0.253 e. The van der Waals surface area contributed by atoms with E-state index in [1.165, 1.54) is 0 Å². The number of amides is 1. The van der Waals surface area contributed by atoms with Gasteiger partial charge >= 0.3 is 0 Å². The number of pyridine rings is 1. The minimum absolute atomic E-state index is 0.106. The maximum atomic E-state index is 12.0. The molecule has 0 fully saturated rings. The Kier molecular flexibility index (Phi) is 4.98. The molecule has 0 spiro atoms. The number of rotatable bonds is 5. The number of nitrogens with two attached hydrogens (primary N) is 2. The van der Waals surface area contributed by atoms with E-state index in [1.54, 1.807) is 7.11 Å². The van der Waals surface area contributed by atoms with E-state index in [0.29, 0.717) is 17.0 Å². The van der Waals surface area contributed by atoms with Crippen LogP contribution >= 0.6 is 0 Å². The highest BCUT2D eigenvalue weighted by atomic mass is 16.5. The van der Waals surface area contributed by atoms with Crippen LogP contribution in [0.1, 0.15) is 10.4 Å². The Bertz CT molecular complexity index is 982. The Labute approximate surface area is 158 Å². The zero-order valence-corrected chi connectivity index (χ0v) is 15.6. The normalized spacial score (nSPS) is 10.5. The lowest BCUT2D eigenvalue weighted by atomic mass is 9.97. The Morgan fingerprint density at radius 3 is 2.33 bits per heavy atom. The van der Waals surface area contributed by atoms with Crippen LogP contribution in [0.25, 0.3) is 22.4 Å². The second-order valence-electron chi connectivity index (χ2n) is 6.35. The molecule has 6 nitrogen and oxygen atoms in total. The van der Waals surface area contributed by atoms with Gasteiger partial charge in [-0.05, 0) is 35.9 Å². The maximum absolute atomic E-state index is 12.0. The first-order valence-electron chi connectivity index (χ1n) is 8.43. The van der Waals surface area contributed by atoms with Gasteiger partial charge in [0, 0.05) is 30.9 Å². The van der Waals surface area contributed by atoms with Crippen molar-refractivity contribution in [3.05, 3.63) is 60.2 Å². The molecule has 0 bridgehead atoms. The van der Waals surface area contributed by atoms with Gasteiger partial charge in [-0.2, -0.15) is 0 Å². The summed E-state index contributed by atoms with van der Waals surface area (Å²) in [5, 5.41) is 0. The second kappa shape index (κ2) is 7.37. The molecule has 0 unspecified atom stereocenters. The topological polar surface area (TPSA) is 94.5 Å². The van der Waals surface area contributed by atoms with Crippen molar-refractivity contribution in [3.8, 4) is 28.1 Å². The number of ether oxygens (including phenoxy) is 1. The first-order chi connectivity index (χ1) is 12.9. The molecule has 3 aromatic rings. The van der Waals surface area contributed by atoms with Crippen LogP contribution < -0.4 is 21.1 Å². The second-order valence-corrected chi connectivity index (χ2v) is 6.35. The van der Waals surface area contributed by atoms with Gasteiger partial charge in [0.15, 0.2) is 0 Å². The molecule has 1 aromatic heterocycles. The van der Waals surface area contributed by atoms with Crippen molar-refractivity contribution in [2.45, 2.75) is 0 Å². The van der Waals surface area contributed by atoms with Gasteiger partial charge in [-0.25, -0.2) is 4.98 Å². The molecule has 138 valence electrons. The van der Waals surface area contributed by atoms with Gasteiger partial charge in [-0.15, -0.1) is 0 Å². The Morgan fingerprint density at radius 1 is 1.04 bits per heavy atom. The Balaban J connectivity index is 2.17. The van der Waals surface area contributed by atoms with Crippen LogP contribution in [0.15, 0.2) is 54.6 Å². The predicted molar refractivity (Wildman–Crippen MR) is 109 cm³/mol. The largest absolute Gasteiger partial charge is 0.497 e. The number of hydrogen-bond acceptors (Lipinski definition) is 5. The molecule has 4 N–H and O–H groups in total. The van der Waals surface area contributed by atoms with E-state index < -0.39 is 5.91 Å². The van der Waals surface area contributed by atoms with Crippen LogP contribution in [0.4, 0.5) is 11.5 Å². The number of carbonyl (C=O) groups excluding carboxylic acids is 1. The van der Waals surface area contributed by atoms with Crippen molar-refractivity contribution in [3.63, 3.8) is 0 Å². The van der Waals surface area contributed by atoms with Crippen LogP contribution in [0.5, 0.6) is 5.75 Å². The monoisotopic (exact) mass is 362 g/mol. The molecule has 0 atom stereocenters. The summed E-state index contributed by atoms with van der Waals surface area (Å²) in [6.45, 7) is 0. The summed E-state index contributed by atoms with van der Waals surface area (Å²) < 4.78 is 5.29. The minimum atomic E-state index is -0.618. The van der Waals surface area contributed by atoms with Gasteiger partial charge in [0.05, 0.1) is 18.4 Å². The quantitative estimate of drug-likeness (QED) is 0.727. The van der Waals surface area contributed by atoms with Gasteiger partial charge in [0.1, 0.15) is 11.6 Å². The molecule has 0 saturated heterocycles. The molecule has 2 aromatic carbocycles. The van der Waals surface area contributed by atoms with Crippen LogP contribution in [-0.2, 0) is 0 Å². The first kappa shape index (κ1) is 18.3. The minimum Gasteiger partial charge on any atom is -0.497 e. The van der Waals surface area contributed by atoms with E-state index in [9.17, 15) is 4.79 Å². The molecule has 27 heavy (non-hydrogen) atoms. The van der Waals surface area contributed by atoms with Crippen LogP contribution in [0, 0.1) is 0 Å². The van der Waals surface area contributed by atoms with E-state index in [-0.39, 0.29) is 11.4 Å². The zero-order chi connectivity index (χ0) is 19.6. The zero-order valence-electron chi connectivity index (χ0n) is 15.6. The predicted octanol–water partition coefficient (Wildman–Crippen LogP) is 3.17. The fraction of sp³-hybridized carbons (Fsp3) is 0.143. The standard InChI is InChI=1S/C21H22N4O2/c1-25(2)15-9-7-13(8-10-15)18-12-17(19(21(23)26)20(22)24-18)14-5-4-6-16(11-14)27-3/h4-12H,1-3H3,(H2,22,24)(H2,23,26). The third kappa shape index (κ3) is 3.69. The molecule has 0 aliphatic carbocycles. The average molecular weight is 362 g/mol. The summed E-state index contributed by atoms with van der Waals surface area (Å²) >= 11 is 0. The van der Waals surface area contributed by atoms with Crippen LogP contribution in [0.2, 0.25) is 0 Å². The van der Waals surface area contributed by atoms with Gasteiger partial charge in [0.2, 0.25) is 0 Å². The first-order valence-corrected chi connectivity index (χ1v) is 8.43. The SMILES string of the molecule is COc1cccc(-c2cc(-c3ccc(N(C)C)cc3)nc(N)c2C(N)=O)c1. The number of primary amides is 1. The van der Waals surface area contributed by atoms with E-state index >= 15 is 0 Å². The molecule has 3 rings (SSSR count). The number of hydrogen-bond donors (Lipinski definition) is 2. The number of anilines is 2. The number of methoxy groups -OCH3 is 1. The highest BCUT2D eigenvalue weighted by Crippen LogP contribution is 2.33. The molecule has 1 heterocycles. The fourth-order valence-corrected chi connectivity index (χ4v) is 2.92. The van der Waals surface area contributed by atoms with Crippen molar-refractivity contribution in [1.29, 1.82) is 0 Å². The fourth-order valence-electron chi connectivity index (χ4n) is 2.92. The molecule has 1 amide bonds. The van der Waals surface area contributed by atoms with E-state index in [1.807, 2.05) is 73.6 Å². The number of aromatic nitrogens is 1. The Hall–Kier alpha value is -3.54. The highest BCUT2D eigenvalue weighted by Gasteiger charge is 2.18. The molecular weight excluding hydrogens is 340 g/mol. The van der Waals surface area contributed by atoms with Gasteiger partial charge < -0.3 is 21.1 Å². The summed E-state index contributed by atoms with van der Waals surface area (Å²) in [5.41, 5.74) is 15.9. The summed E-state index contributed by atoms with van der Waals surface area (Å²) in [6.07, 6.45) is 0. The summed E-state index contributed by atoms with van der Waals surface area (Å²) in [6, 6.07) is 17.2. The lowest BCUT2D eigenvalue weighted by Gasteiger charge is -2.15. The molecule has 0 aliphatic heterocycles. The third-order valence-electron chi connectivity index (χ3n) is 4.35. The van der Waals surface area contributed by atoms with E-state index in [4.69, 9.17) is 16.2 Å². The third-order valence-corrected chi connectivity index (χ3v) is 4.35. The van der Waals surface area contributed by atoms with E-state index in [2.05, 4.69) is 4.98 Å². The lowest BCUT2D eigenvalue weighted by molar-refractivity contribution is 0.100. The molecule has 6 heteroatoms. The van der Waals surface area contributed by atoms with E-state index in [0.717, 1.165) is 16.8 Å². The van der Waals surface area contributed by atoms with Crippen molar-refractivity contribution in [2.24, 2.45) is 5.73 Å². The number of nitrogen functional groups attached to an aromatic ring is 1. The average Bonchev–Trinajstić information content (AvgIpc) is 2.67. The lowest BCUT2D eigenvalue weighted by Crippen LogP contribution is -2.16. The van der Waals surface area contributed by atoms with Crippen molar-refractivity contribution < 1.29 is 9.53 Å². The number of benzene rings is 2. The number of nitrogens with zero attached hydrogens (tertiary/aromatic N) is 2. The molecule has 0 saturated carbocycles. The van der Waals surface area contributed by atoms with Crippen molar-refractivity contribution >= 4 is 17.4 Å². The van der Waals surface area contributed by atoms with Gasteiger partial charge in [0.25, 0.3) is 5.91 Å². The van der Waals surface area contributed by atoms with Crippen molar-refractivity contribution in [1.82, 2.24) is 4.98 Å². The number of carbonyl (C=O) groups is 1. The molecule has 0 radical (unpaired) electrons. The molecule has 0 aliphatic rings. The van der Waals surface area contributed by atoms with Gasteiger partial charge in [-0.3, -0.25) is 4.79 Å². The van der Waals surface area contributed by atoms with Crippen molar-refractivity contribution in [2.75, 3.05) is 31.8 Å². The highest BCUT2D eigenvalue weighted by molar-refractivity contribution is 6.04. The Morgan fingerprint density at radius 2 is 1.74 bits per heavy atom. The molecular formula is C21H22N4O2. The van der Waals surface area contributed by atoms with Crippen LogP contribution in [-0.4, -0.2) is 32.1 Å².